The van der Waals surface area contributed by atoms with Crippen LogP contribution in [0.3, 0.4) is 0 Å². The van der Waals surface area contributed by atoms with Gasteiger partial charge in [-0.3, -0.25) is 19.0 Å². The molecule has 1 fully saturated rings. The molecule has 0 aliphatic carbocycles. The number of morpholine rings is 1. The number of hydrogen-bond acceptors (Lipinski definition) is 9. The normalized spacial score (nSPS) is 15.1. The smallest absolute Gasteiger partial charge is 0.262 e. The molecule has 2 aliphatic heterocycles. The Morgan fingerprint density at radius 2 is 1.85 bits per heavy atom. The Labute approximate surface area is 242 Å². The predicted molar refractivity (Wildman–Crippen MR) is 154 cm³/mol. The molecule has 0 bridgehead atoms. The zero-order valence-electron chi connectivity index (χ0n) is 23.2. The Morgan fingerprint density at radius 1 is 1.12 bits per heavy atom. The van der Waals surface area contributed by atoms with Gasteiger partial charge in [0.2, 0.25) is 18.6 Å². The highest BCUT2D eigenvalue weighted by atomic mass is 32.2. The van der Waals surface area contributed by atoms with Crippen LogP contribution in [-0.2, 0) is 27.4 Å². The Balaban J connectivity index is 1.32. The van der Waals surface area contributed by atoms with E-state index >= 15 is 0 Å². The average molecular weight is 583 g/mol. The third kappa shape index (κ3) is 6.76. The Kier molecular flexibility index (Phi) is 9.30. The third-order valence-electron chi connectivity index (χ3n) is 7.06. The molecule has 3 aromatic rings. The molecule has 41 heavy (non-hydrogen) atoms. The number of carbonyl (C=O) groups excluding carboxylic acids is 2. The maximum absolute atomic E-state index is 13.7. The lowest BCUT2D eigenvalue weighted by Crippen LogP contribution is -2.44. The van der Waals surface area contributed by atoms with Gasteiger partial charge in [-0.25, -0.2) is 4.98 Å². The van der Waals surface area contributed by atoms with Crippen molar-refractivity contribution in [3.63, 3.8) is 0 Å². The second kappa shape index (κ2) is 13.3. The summed E-state index contributed by atoms with van der Waals surface area (Å²) in [6, 6.07) is 10.8. The number of aromatic nitrogens is 2. The van der Waals surface area contributed by atoms with Crippen molar-refractivity contribution in [3.8, 4) is 17.2 Å². The minimum absolute atomic E-state index is 0.00490. The van der Waals surface area contributed by atoms with Crippen LogP contribution < -0.4 is 25.1 Å². The first-order valence-electron chi connectivity index (χ1n) is 13.7. The Bertz CT molecular complexity index is 1450. The van der Waals surface area contributed by atoms with Crippen LogP contribution in [0, 0.1) is 0 Å². The molecule has 218 valence electrons. The number of benzene rings is 2. The van der Waals surface area contributed by atoms with Crippen molar-refractivity contribution in [1.82, 2.24) is 19.8 Å². The van der Waals surface area contributed by atoms with Crippen molar-refractivity contribution in [3.05, 3.63) is 52.3 Å². The number of methoxy groups -OCH3 is 1. The van der Waals surface area contributed by atoms with Gasteiger partial charge in [-0.15, -0.1) is 0 Å². The van der Waals surface area contributed by atoms with Crippen LogP contribution >= 0.6 is 11.8 Å². The van der Waals surface area contributed by atoms with E-state index in [9.17, 15) is 14.4 Å². The summed E-state index contributed by atoms with van der Waals surface area (Å²) < 4.78 is 23.1. The van der Waals surface area contributed by atoms with Crippen molar-refractivity contribution >= 4 is 34.5 Å². The molecule has 5 rings (SSSR count). The van der Waals surface area contributed by atoms with Gasteiger partial charge in [0, 0.05) is 38.7 Å². The number of ether oxygens (including phenoxy) is 4. The third-order valence-corrected chi connectivity index (χ3v) is 8.41. The first kappa shape index (κ1) is 28.7. The molecule has 2 aliphatic rings. The summed E-state index contributed by atoms with van der Waals surface area (Å²) in [6.07, 6.45) is 1.23. The first-order chi connectivity index (χ1) is 20.0. The number of amides is 2. The van der Waals surface area contributed by atoms with Crippen LogP contribution in [0.2, 0.25) is 0 Å². The molecule has 1 saturated heterocycles. The lowest BCUT2D eigenvalue weighted by Gasteiger charge is -2.30. The highest BCUT2D eigenvalue weighted by molar-refractivity contribution is 8.00. The summed E-state index contributed by atoms with van der Waals surface area (Å²) in [5.41, 5.74) is 1.19. The van der Waals surface area contributed by atoms with E-state index in [4.69, 9.17) is 23.9 Å². The Morgan fingerprint density at radius 3 is 2.56 bits per heavy atom. The number of thioether (sulfide) groups is 1. The molecule has 0 radical (unpaired) electrons. The topological polar surface area (TPSA) is 121 Å². The van der Waals surface area contributed by atoms with Crippen LogP contribution in [0.5, 0.6) is 17.2 Å². The molecule has 2 amide bonds. The van der Waals surface area contributed by atoms with Gasteiger partial charge in [-0.2, -0.15) is 0 Å². The highest BCUT2D eigenvalue weighted by Crippen LogP contribution is 2.35. The van der Waals surface area contributed by atoms with Crippen molar-refractivity contribution in [2.75, 3.05) is 40.2 Å². The van der Waals surface area contributed by atoms with Gasteiger partial charge in [0.05, 0.1) is 36.5 Å². The van der Waals surface area contributed by atoms with Gasteiger partial charge < -0.3 is 29.2 Å². The average Bonchev–Trinajstić information content (AvgIpc) is 3.47. The lowest BCUT2D eigenvalue weighted by molar-refractivity contribution is -0.134. The summed E-state index contributed by atoms with van der Waals surface area (Å²) in [4.78, 5) is 46.2. The molecule has 1 N–H and O–H groups in total. The van der Waals surface area contributed by atoms with E-state index in [0.717, 1.165) is 11.3 Å². The maximum atomic E-state index is 13.7. The van der Waals surface area contributed by atoms with E-state index in [1.54, 1.807) is 28.7 Å². The van der Waals surface area contributed by atoms with E-state index in [2.05, 4.69) is 5.32 Å². The summed E-state index contributed by atoms with van der Waals surface area (Å²) >= 11 is 1.29. The number of hydrogen-bond donors (Lipinski definition) is 1. The first-order valence-corrected chi connectivity index (χ1v) is 14.6. The number of fused-ring (bicyclic) bond motifs is 2. The fourth-order valence-corrected chi connectivity index (χ4v) is 5.85. The van der Waals surface area contributed by atoms with Gasteiger partial charge in [-0.05, 0) is 36.6 Å². The van der Waals surface area contributed by atoms with Crippen molar-refractivity contribution in [1.29, 1.82) is 0 Å². The number of rotatable bonds is 11. The van der Waals surface area contributed by atoms with Crippen LogP contribution in [-0.4, -0.2) is 71.7 Å². The fraction of sp³-hybridized carbons (Fsp3) is 0.448. The van der Waals surface area contributed by atoms with Gasteiger partial charge in [0.1, 0.15) is 5.75 Å². The van der Waals surface area contributed by atoms with Crippen molar-refractivity contribution < 1.29 is 28.5 Å². The zero-order valence-corrected chi connectivity index (χ0v) is 24.0. The molecule has 2 aromatic carbocycles. The Hall–Kier alpha value is -3.77. The van der Waals surface area contributed by atoms with Crippen molar-refractivity contribution in [2.45, 2.75) is 49.7 Å². The van der Waals surface area contributed by atoms with Gasteiger partial charge >= 0.3 is 0 Å². The second-order valence-corrected chi connectivity index (χ2v) is 10.9. The molecule has 1 atom stereocenters. The van der Waals surface area contributed by atoms with Gasteiger partial charge in [-0.1, -0.05) is 30.8 Å². The molecule has 1 aromatic heterocycles. The zero-order chi connectivity index (χ0) is 28.8. The minimum atomic E-state index is -0.412. The van der Waals surface area contributed by atoms with Gasteiger partial charge in [0.25, 0.3) is 5.56 Å². The molecule has 0 spiro atoms. The van der Waals surface area contributed by atoms with Crippen LogP contribution in [0.25, 0.3) is 10.9 Å². The monoisotopic (exact) mass is 582 g/mol. The molecule has 3 heterocycles. The molecular weight excluding hydrogens is 548 g/mol. The van der Waals surface area contributed by atoms with Crippen LogP contribution in [0.1, 0.15) is 31.7 Å². The van der Waals surface area contributed by atoms with E-state index in [-0.39, 0.29) is 37.1 Å². The number of nitrogens with zero attached hydrogens (tertiary/aromatic N) is 3. The summed E-state index contributed by atoms with van der Waals surface area (Å²) in [7, 11) is 1.61. The lowest BCUT2D eigenvalue weighted by atomic mass is 10.2. The molecule has 1 unspecified atom stereocenters. The van der Waals surface area contributed by atoms with E-state index < -0.39 is 5.25 Å². The minimum Gasteiger partial charge on any atom is -0.497 e. The van der Waals surface area contributed by atoms with E-state index in [1.807, 2.05) is 31.2 Å². The predicted octanol–water partition coefficient (Wildman–Crippen LogP) is 2.96. The molecule has 0 saturated carbocycles. The molecular formula is C29H34N4O7S. The molecule has 11 nitrogen and oxygen atoms in total. The fourth-order valence-electron chi connectivity index (χ4n) is 4.73. The van der Waals surface area contributed by atoms with Crippen LogP contribution in [0.15, 0.2) is 46.3 Å². The van der Waals surface area contributed by atoms with E-state index in [1.165, 1.54) is 11.8 Å². The summed E-state index contributed by atoms with van der Waals surface area (Å²) in [5, 5.41) is 3.35. The highest BCUT2D eigenvalue weighted by Gasteiger charge is 2.28. The second-order valence-electron chi connectivity index (χ2n) is 9.75. The summed E-state index contributed by atoms with van der Waals surface area (Å²) in [5.74, 6) is 1.67. The number of nitrogens with one attached hydrogen (secondary N) is 1. The molecule has 12 heteroatoms. The largest absolute Gasteiger partial charge is 0.497 e. The number of carbonyl (C=O) groups is 2. The summed E-state index contributed by atoms with van der Waals surface area (Å²) in [6.45, 7) is 4.82. The SMILES string of the molecule is CCC(Sc1nc2cc3c(cc2c(=O)n1CCCC(=O)NCc1ccc(OC)cc1)OCO3)C(=O)N1CCOCC1. The standard InChI is InChI=1S/C29H34N4O7S/c1-3-25(28(36)32-11-13-38-14-12-32)41-29-31-22-16-24-23(39-18-40-24)15-21(22)27(35)33(29)10-4-5-26(34)30-17-19-6-8-20(37-2)9-7-19/h6-9,15-16,25H,3-5,10-14,17-18H2,1-2H3,(H,30,34). The van der Waals surface area contributed by atoms with E-state index in [0.29, 0.717) is 73.2 Å². The quantitative estimate of drug-likeness (QED) is 0.269. The van der Waals surface area contributed by atoms with Crippen LogP contribution in [0.4, 0.5) is 0 Å². The van der Waals surface area contributed by atoms with Gasteiger partial charge in [0.15, 0.2) is 16.7 Å². The van der Waals surface area contributed by atoms with Crippen molar-refractivity contribution in [2.24, 2.45) is 0 Å². The maximum Gasteiger partial charge on any atom is 0.262 e.